The van der Waals surface area contributed by atoms with Gasteiger partial charge >= 0.3 is 0 Å². The van der Waals surface area contributed by atoms with E-state index in [1.165, 1.54) is 25.9 Å². The Morgan fingerprint density at radius 1 is 1.25 bits per heavy atom. The highest BCUT2D eigenvalue weighted by atomic mass is 16.5. The number of rotatable bonds is 6. The lowest BCUT2D eigenvalue weighted by atomic mass is 10.3. The van der Waals surface area contributed by atoms with Gasteiger partial charge in [-0.25, -0.2) is 4.68 Å². The second-order valence-electron chi connectivity index (χ2n) is 5.81. The van der Waals surface area contributed by atoms with E-state index in [2.05, 4.69) is 10.00 Å². The van der Waals surface area contributed by atoms with Crippen molar-refractivity contribution >= 4 is 0 Å². The molecule has 2 heterocycles. The van der Waals surface area contributed by atoms with E-state index >= 15 is 0 Å². The van der Waals surface area contributed by atoms with Gasteiger partial charge in [0, 0.05) is 31.5 Å². The number of hydrogen-bond acceptors (Lipinski definition) is 3. The molecule has 0 radical (unpaired) electrons. The Kier molecular flexibility index (Phi) is 2.96. The number of nitrogens with zero attached hydrogens (tertiary/aromatic N) is 3. The minimum absolute atomic E-state index is 0.629. The first-order valence-electron chi connectivity index (χ1n) is 7.35. The molecule has 2 aromatic rings. The average Bonchev–Trinajstić information content (AvgIpc) is 3.38. The maximum atomic E-state index is 5.92. The normalized spacial score (nSPS) is 24.6. The van der Waals surface area contributed by atoms with E-state index in [4.69, 9.17) is 4.74 Å². The van der Waals surface area contributed by atoms with Crippen LogP contribution in [0.25, 0.3) is 5.69 Å². The van der Waals surface area contributed by atoms with Crippen molar-refractivity contribution in [1.82, 2.24) is 14.7 Å². The van der Waals surface area contributed by atoms with Gasteiger partial charge < -0.3 is 4.74 Å². The van der Waals surface area contributed by atoms with Crippen LogP contribution in [0.5, 0.6) is 5.75 Å². The largest absolute Gasteiger partial charge is 0.492 e. The molecule has 0 amide bonds. The molecule has 4 heteroatoms. The van der Waals surface area contributed by atoms with Crippen molar-refractivity contribution in [3.8, 4) is 11.4 Å². The first-order valence-corrected chi connectivity index (χ1v) is 7.35. The summed E-state index contributed by atoms with van der Waals surface area (Å²) in [5.41, 5.74) is 1.04. The molecule has 4 nitrogen and oxygen atoms in total. The molecule has 1 aliphatic heterocycles. The molecule has 104 valence electrons. The van der Waals surface area contributed by atoms with Crippen LogP contribution in [0.1, 0.15) is 12.8 Å². The van der Waals surface area contributed by atoms with Crippen molar-refractivity contribution < 1.29 is 4.74 Å². The highest BCUT2D eigenvalue weighted by Crippen LogP contribution is 2.33. The minimum Gasteiger partial charge on any atom is -0.492 e. The summed E-state index contributed by atoms with van der Waals surface area (Å²) in [5, 5.41) is 4.24. The van der Waals surface area contributed by atoms with Gasteiger partial charge in [-0.1, -0.05) is 6.07 Å². The molecule has 0 spiro atoms. The van der Waals surface area contributed by atoms with E-state index in [1.807, 2.05) is 41.2 Å². The van der Waals surface area contributed by atoms with Gasteiger partial charge in [-0.2, -0.15) is 5.10 Å². The topological polar surface area (TPSA) is 30.1 Å². The van der Waals surface area contributed by atoms with Crippen molar-refractivity contribution in [2.45, 2.75) is 18.9 Å². The van der Waals surface area contributed by atoms with Crippen LogP contribution in [-0.2, 0) is 0 Å². The predicted octanol–water partition coefficient (Wildman–Crippen LogP) is 2.35. The van der Waals surface area contributed by atoms with Crippen LogP contribution < -0.4 is 4.74 Å². The molecule has 4 rings (SSSR count). The lowest BCUT2D eigenvalue weighted by molar-refractivity contribution is 0.292. The van der Waals surface area contributed by atoms with Crippen LogP contribution in [0.3, 0.4) is 0 Å². The van der Waals surface area contributed by atoms with Gasteiger partial charge in [-0.05, 0) is 37.0 Å². The molecular weight excluding hydrogens is 250 g/mol. The van der Waals surface area contributed by atoms with Crippen molar-refractivity contribution in [3.05, 3.63) is 42.7 Å². The minimum atomic E-state index is 0.629. The SMILES string of the molecule is c1cc(OCC2CN2CC2CC2)cc(-n2cccn2)c1. The Morgan fingerprint density at radius 2 is 2.20 bits per heavy atom. The Hall–Kier alpha value is -1.81. The number of benzene rings is 1. The maximum absolute atomic E-state index is 5.92. The summed E-state index contributed by atoms with van der Waals surface area (Å²) in [4.78, 5) is 2.52. The molecule has 1 aromatic heterocycles. The van der Waals surface area contributed by atoms with Crippen molar-refractivity contribution in [2.24, 2.45) is 5.92 Å². The lowest BCUT2D eigenvalue weighted by Crippen LogP contribution is -2.12. The Bertz CT molecular complexity index is 577. The third kappa shape index (κ3) is 2.70. The van der Waals surface area contributed by atoms with Gasteiger partial charge in [-0.15, -0.1) is 0 Å². The summed E-state index contributed by atoms with van der Waals surface area (Å²) in [5.74, 6) is 1.90. The average molecular weight is 269 g/mol. The second kappa shape index (κ2) is 4.94. The summed E-state index contributed by atoms with van der Waals surface area (Å²) in [7, 11) is 0. The maximum Gasteiger partial charge on any atom is 0.121 e. The number of aromatic nitrogens is 2. The molecule has 2 atom stereocenters. The van der Waals surface area contributed by atoms with Crippen molar-refractivity contribution in [2.75, 3.05) is 19.7 Å². The molecule has 1 saturated carbocycles. The molecule has 0 N–H and O–H groups in total. The summed E-state index contributed by atoms with van der Waals surface area (Å²) in [6.07, 6.45) is 6.58. The third-order valence-corrected chi connectivity index (χ3v) is 4.05. The first-order chi connectivity index (χ1) is 9.88. The third-order valence-electron chi connectivity index (χ3n) is 4.05. The summed E-state index contributed by atoms with van der Waals surface area (Å²) >= 11 is 0. The van der Waals surface area contributed by atoms with Gasteiger partial charge in [-0.3, -0.25) is 4.90 Å². The number of hydrogen-bond donors (Lipinski definition) is 0. The van der Waals surface area contributed by atoms with Gasteiger partial charge in [0.05, 0.1) is 11.7 Å². The standard InChI is InChI=1S/C16H19N3O/c1-3-14(19-8-2-7-17-19)9-16(4-1)20-12-15-11-18(15)10-13-5-6-13/h1-4,7-9,13,15H,5-6,10-12H2. The van der Waals surface area contributed by atoms with Crippen LogP contribution >= 0.6 is 0 Å². The fraction of sp³-hybridized carbons (Fsp3) is 0.438. The van der Waals surface area contributed by atoms with Crippen LogP contribution in [-0.4, -0.2) is 40.4 Å². The zero-order valence-corrected chi connectivity index (χ0v) is 11.5. The van der Waals surface area contributed by atoms with Crippen LogP contribution in [0, 0.1) is 5.92 Å². The van der Waals surface area contributed by atoms with E-state index in [9.17, 15) is 0 Å². The lowest BCUT2D eigenvalue weighted by Gasteiger charge is -2.08. The molecular formula is C16H19N3O. The first kappa shape index (κ1) is 12.0. The molecule has 0 bridgehead atoms. The van der Waals surface area contributed by atoms with Crippen molar-refractivity contribution in [1.29, 1.82) is 0 Å². The Morgan fingerprint density at radius 3 is 3.00 bits per heavy atom. The molecule has 2 aliphatic rings. The zero-order chi connectivity index (χ0) is 13.4. The second-order valence-corrected chi connectivity index (χ2v) is 5.81. The number of ether oxygens (including phenoxy) is 1. The quantitative estimate of drug-likeness (QED) is 0.754. The fourth-order valence-electron chi connectivity index (χ4n) is 2.57. The van der Waals surface area contributed by atoms with E-state index in [-0.39, 0.29) is 0 Å². The summed E-state index contributed by atoms with van der Waals surface area (Å²) in [6.45, 7) is 3.28. The Balaban J connectivity index is 1.34. The smallest absolute Gasteiger partial charge is 0.121 e. The molecule has 1 aliphatic carbocycles. The zero-order valence-electron chi connectivity index (χ0n) is 11.5. The van der Waals surface area contributed by atoms with Crippen LogP contribution in [0.4, 0.5) is 0 Å². The van der Waals surface area contributed by atoms with E-state index < -0.39 is 0 Å². The molecule has 1 saturated heterocycles. The fourth-order valence-corrected chi connectivity index (χ4v) is 2.57. The molecule has 2 fully saturated rings. The van der Waals surface area contributed by atoms with Gasteiger partial charge in [0.25, 0.3) is 0 Å². The van der Waals surface area contributed by atoms with Gasteiger partial charge in [0.15, 0.2) is 0 Å². The molecule has 1 aromatic carbocycles. The molecule has 20 heavy (non-hydrogen) atoms. The van der Waals surface area contributed by atoms with E-state index in [1.54, 1.807) is 6.20 Å². The van der Waals surface area contributed by atoms with Crippen molar-refractivity contribution in [3.63, 3.8) is 0 Å². The summed E-state index contributed by atoms with van der Waals surface area (Å²) in [6, 6.07) is 10.7. The molecule has 2 unspecified atom stereocenters. The predicted molar refractivity (Wildman–Crippen MR) is 77.1 cm³/mol. The Labute approximate surface area is 119 Å². The monoisotopic (exact) mass is 269 g/mol. The van der Waals surface area contributed by atoms with Gasteiger partial charge in [0.1, 0.15) is 12.4 Å². The van der Waals surface area contributed by atoms with Gasteiger partial charge in [0.2, 0.25) is 0 Å². The highest BCUT2D eigenvalue weighted by molar-refractivity contribution is 5.38. The van der Waals surface area contributed by atoms with E-state index in [0.29, 0.717) is 6.04 Å². The van der Waals surface area contributed by atoms with Crippen LogP contribution in [0.2, 0.25) is 0 Å². The van der Waals surface area contributed by atoms with Crippen LogP contribution in [0.15, 0.2) is 42.7 Å². The summed E-state index contributed by atoms with van der Waals surface area (Å²) < 4.78 is 7.77. The highest BCUT2D eigenvalue weighted by Gasteiger charge is 2.38. The van der Waals surface area contributed by atoms with E-state index in [0.717, 1.165) is 24.0 Å².